The van der Waals surface area contributed by atoms with Gasteiger partial charge in [0.2, 0.25) is 0 Å². The van der Waals surface area contributed by atoms with E-state index in [4.69, 9.17) is 4.74 Å². The first kappa shape index (κ1) is 18.6. The smallest absolute Gasteiger partial charge is 0.315 e. The molecule has 138 valence electrons. The maximum atomic E-state index is 13.9. The van der Waals surface area contributed by atoms with Crippen LogP contribution in [0.3, 0.4) is 0 Å². The monoisotopic (exact) mass is 374 g/mol. The summed E-state index contributed by atoms with van der Waals surface area (Å²) in [5.41, 5.74) is 1.95. The third kappa shape index (κ3) is 4.49. The van der Waals surface area contributed by atoms with Crippen molar-refractivity contribution in [1.82, 2.24) is 10.6 Å². The third-order valence-electron chi connectivity index (χ3n) is 4.38. The van der Waals surface area contributed by atoms with E-state index in [9.17, 15) is 9.18 Å². The van der Waals surface area contributed by atoms with Crippen molar-refractivity contribution in [2.24, 2.45) is 0 Å². The SMILES string of the molecule is COc1cccc(CC(C)NC(=O)NC2CCSc3c(F)cccc32)c1. The molecule has 2 aromatic carbocycles. The second-order valence-electron chi connectivity index (χ2n) is 6.42. The van der Waals surface area contributed by atoms with Crippen molar-refractivity contribution in [3.8, 4) is 5.75 Å². The van der Waals surface area contributed by atoms with Crippen LogP contribution in [-0.4, -0.2) is 24.9 Å². The van der Waals surface area contributed by atoms with Crippen LogP contribution in [0.4, 0.5) is 9.18 Å². The lowest BCUT2D eigenvalue weighted by Gasteiger charge is -2.27. The average Bonchev–Trinajstić information content (AvgIpc) is 2.62. The molecule has 2 unspecified atom stereocenters. The van der Waals surface area contributed by atoms with E-state index < -0.39 is 0 Å². The van der Waals surface area contributed by atoms with Crippen LogP contribution < -0.4 is 15.4 Å². The number of hydrogen-bond acceptors (Lipinski definition) is 3. The average molecular weight is 374 g/mol. The molecule has 0 aromatic heterocycles. The number of amides is 2. The number of rotatable bonds is 5. The minimum Gasteiger partial charge on any atom is -0.497 e. The summed E-state index contributed by atoms with van der Waals surface area (Å²) in [5, 5.41) is 5.95. The first-order valence-electron chi connectivity index (χ1n) is 8.68. The number of nitrogens with one attached hydrogen (secondary N) is 2. The van der Waals surface area contributed by atoms with E-state index in [1.165, 1.54) is 17.8 Å². The lowest BCUT2D eigenvalue weighted by molar-refractivity contribution is 0.233. The molecule has 0 saturated heterocycles. The van der Waals surface area contributed by atoms with Crippen LogP contribution in [0.1, 0.15) is 30.5 Å². The Hall–Kier alpha value is -2.21. The largest absolute Gasteiger partial charge is 0.497 e. The first-order chi connectivity index (χ1) is 12.6. The Balaban J connectivity index is 1.58. The zero-order valence-electron chi connectivity index (χ0n) is 14.9. The summed E-state index contributed by atoms with van der Waals surface area (Å²) in [5.74, 6) is 1.38. The molecule has 6 heteroatoms. The van der Waals surface area contributed by atoms with Crippen molar-refractivity contribution >= 4 is 17.8 Å². The zero-order valence-corrected chi connectivity index (χ0v) is 15.7. The number of benzene rings is 2. The number of carbonyl (C=O) groups excluding carboxylic acids is 1. The number of halogens is 1. The van der Waals surface area contributed by atoms with Crippen LogP contribution in [-0.2, 0) is 6.42 Å². The number of ether oxygens (including phenoxy) is 1. The van der Waals surface area contributed by atoms with Gasteiger partial charge in [-0.1, -0.05) is 24.3 Å². The molecule has 0 saturated carbocycles. The highest BCUT2D eigenvalue weighted by Gasteiger charge is 2.24. The number of urea groups is 1. The summed E-state index contributed by atoms with van der Waals surface area (Å²) < 4.78 is 19.2. The lowest BCUT2D eigenvalue weighted by Crippen LogP contribution is -2.43. The Morgan fingerprint density at radius 2 is 2.15 bits per heavy atom. The van der Waals surface area contributed by atoms with E-state index in [-0.39, 0.29) is 23.9 Å². The van der Waals surface area contributed by atoms with Crippen molar-refractivity contribution < 1.29 is 13.9 Å². The summed E-state index contributed by atoms with van der Waals surface area (Å²) in [6, 6.07) is 12.4. The highest BCUT2D eigenvalue weighted by Crippen LogP contribution is 2.37. The van der Waals surface area contributed by atoms with Crippen LogP contribution in [0.15, 0.2) is 47.4 Å². The molecule has 0 bridgehead atoms. The van der Waals surface area contributed by atoms with Crippen molar-refractivity contribution in [3.63, 3.8) is 0 Å². The Labute approximate surface area is 157 Å². The second-order valence-corrected chi connectivity index (χ2v) is 7.53. The maximum absolute atomic E-state index is 13.9. The van der Waals surface area contributed by atoms with E-state index in [1.807, 2.05) is 37.3 Å². The molecule has 4 nitrogen and oxygen atoms in total. The molecular weight excluding hydrogens is 351 g/mol. The van der Waals surface area contributed by atoms with Crippen molar-refractivity contribution in [2.75, 3.05) is 12.9 Å². The molecule has 2 atom stereocenters. The molecule has 0 radical (unpaired) electrons. The van der Waals surface area contributed by atoms with E-state index in [2.05, 4.69) is 10.6 Å². The Morgan fingerprint density at radius 1 is 1.35 bits per heavy atom. The maximum Gasteiger partial charge on any atom is 0.315 e. The second kappa shape index (κ2) is 8.45. The molecule has 1 heterocycles. The molecule has 1 aliphatic rings. The Morgan fingerprint density at radius 3 is 2.96 bits per heavy atom. The van der Waals surface area contributed by atoms with Gasteiger partial charge < -0.3 is 15.4 Å². The summed E-state index contributed by atoms with van der Waals surface area (Å²) in [6.45, 7) is 1.96. The van der Waals surface area contributed by atoms with Crippen LogP contribution in [0.5, 0.6) is 5.75 Å². The van der Waals surface area contributed by atoms with E-state index in [0.29, 0.717) is 11.3 Å². The highest BCUT2D eigenvalue weighted by molar-refractivity contribution is 7.99. The van der Waals surface area contributed by atoms with Gasteiger partial charge in [-0.05, 0) is 49.1 Å². The topological polar surface area (TPSA) is 50.4 Å². The number of thioether (sulfide) groups is 1. The summed E-state index contributed by atoms with van der Waals surface area (Å²) in [6.07, 6.45) is 1.50. The molecule has 0 spiro atoms. The van der Waals surface area contributed by atoms with Gasteiger partial charge in [-0.2, -0.15) is 0 Å². The van der Waals surface area contributed by atoms with Gasteiger partial charge in [0.25, 0.3) is 0 Å². The standard InChI is InChI=1S/C20H23FN2O2S/c1-13(11-14-5-3-6-15(12-14)25-2)22-20(24)23-18-9-10-26-19-16(18)7-4-8-17(19)21/h3-8,12-13,18H,9-11H2,1-2H3,(H2,22,23,24). The van der Waals surface area contributed by atoms with Gasteiger partial charge in [0.15, 0.2) is 0 Å². The fourth-order valence-corrected chi connectivity index (χ4v) is 4.30. The Bertz CT molecular complexity index is 784. The summed E-state index contributed by atoms with van der Waals surface area (Å²) in [7, 11) is 1.64. The molecule has 0 aliphatic carbocycles. The predicted molar refractivity (Wildman–Crippen MR) is 102 cm³/mol. The minimum atomic E-state index is -0.229. The van der Waals surface area contributed by atoms with Crippen LogP contribution in [0.2, 0.25) is 0 Å². The molecule has 1 aliphatic heterocycles. The van der Waals surface area contributed by atoms with Crippen molar-refractivity contribution in [2.45, 2.75) is 36.7 Å². The van der Waals surface area contributed by atoms with E-state index in [1.54, 1.807) is 13.2 Å². The molecule has 2 aromatic rings. The zero-order chi connectivity index (χ0) is 18.5. The fraction of sp³-hybridized carbons (Fsp3) is 0.350. The first-order valence-corrected chi connectivity index (χ1v) is 9.66. The lowest BCUT2D eigenvalue weighted by atomic mass is 10.0. The van der Waals surface area contributed by atoms with Crippen LogP contribution >= 0.6 is 11.8 Å². The molecule has 26 heavy (non-hydrogen) atoms. The Kier molecular flexibility index (Phi) is 6.04. The van der Waals surface area contributed by atoms with Gasteiger partial charge in [-0.25, -0.2) is 9.18 Å². The summed E-state index contributed by atoms with van der Waals surface area (Å²) in [4.78, 5) is 13.0. The quantitative estimate of drug-likeness (QED) is 0.820. The molecular formula is C20H23FN2O2S. The fourth-order valence-electron chi connectivity index (χ4n) is 3.16. The van der Waals surface area contributed by atoms with Gasteiger partial charge >= 0.3 is 6.03 Å². The summed E-state index contributed by atoms with van der Waals surface area (Å²) >= 11 is 1.51. The molecule has 2 N–H and O–H groups in total. The van der Waals surface area contributed by atoms with Gasteiger partial charge in [0.1, 0.15) is 11.6 Å². The normalized spacial score (nSPS) is 17.1. The van der Waals surface area contributed by atoms with E-state index in [0.717, 1.165) is 29.1 Å². The van der Waals surface area contributed by atoms with Crippen molar-refractivity contribution in [1.29, 1.82) is 0 Å². The molecule has 2 amide bonds. The molecule has 3 rings (SSSR count). The third-order valence-corrected chi connectivity index (χ3v) is 5.54. The van der Waals surface area contributed by atoms with Gasteiger partial charge in [0, 0.05) is 16.7 Å². The van der Waals surface area contributed by atoms with Gasteiger partial charge in [-0.15, -0.1) is 11.8 Å². The van der Waals surface area contributed by atoms with Crippen LogP contribution in [0.25, 0.3) is 0 Å². The van der Waals surface area contributed by atoms with Crippen LogP contribution in [0, 0.1) is 5.82 Å². The number of carbonyl (C=O) groups is 1. The predicted octanol–water partition coefficient (Wildman–Crippen LogP) is 4.30. The van der Waals surface area contributed by atoms with Crippen molar-refractivity contribution in [3.05, 3.63) is 59.4 Å². The highest BCUT2D eigenvalue weighted by atomic mass is 32.2. The van der Waals surface area contributed by atoms with Gasteiger partial charge in [0.05, 0.1) is 13.2 Å². The van der Waals surface area contributed by atoms with Gasteiger partial charge in [-0.3, -0.25) is 0 Å². The number of hydrogen-bond donors (Lipinski definition) is 2. The minimum absolute atomic E-state index is 0.0351. The molecule has 0 fully saturated rings. The van der Waals surface area contributed by atoms with E-state index >= 15 is 0 Å². The number of fused-ring (bicyclic) bond motifs is 1. The number of methoxy groups -OCH3 is 1.